The van der Waals surface area contributed by atoms with Gasteiger partial charge in [-0.15, -0.1) is 0 Å². The Labute approximate surface area is 144 Å². The van der Waals surface area contributed by atoms with Crippen molar-refractivity contribution in [1.29, 1.82) is 0 Å². The SMILES string of the molecule is Cc1cc2c3c(nc(=O)n2C)N2CCN(C)CC2C(=O)N(C)c3c1F. The molecular weight excluding hydrogens is 325 g/mol. The molecule has 1 fully saturated rings. The molecule has 2 aliphatic rings. The van der Waals surface area contributed by atoms with Gasteiger partial charge in [0, 0.05) is 33.7 Å². The Hall–Kier alpha value is -2.48. The average molecular weight is 345 g/mol. The lowest BCUT2D eigenvalue weighted by Gasteiger charge is -2.39. The number of halogens is 1. The lowest BCUT2D eigenvalue weighted by Crippen LogP contribution is -2.58. The molecule has 0 aliphatic carbocycles. The summed E-state index contributed by atoms with van der Waals surface area (Å²) in [6.07, 6.45) is 0. The van der Waals surface area contributed by atoms with Crippen LogP contribution >= 0.6 is 0 Å². The zero-order valence-corrected chi connectivity index (χ0v) is 14.7. The quantitative estimate of drug-likeness (QED) is 0.695. The maximum atomic E-state index is 15.0. The van der Waals surface area contributed by atoms with E-state index in [4.69, 9.17) is 0 Å². The van der Waals surface area contributed by atoms with Crippen molar-refractivity contribution in [3.05, 3.63) is 27.9 Å². The van der Waals surface area contributed by atoms with Crippen LogP contribution in [0.5, 0.6) is 0 Å². The Morgan fingerprint density at radius 2 is 1.92 bits per heavy atom. The third-order valence-corrected chi connectivity index (χ3v) is 5.28. The van der Waals surface area contributed by atoms with Crippen LogP contribution in [0.1, 0.15) is 5.56 Å². The van der Waals surface area contributed by atoms with Crippen molar-refractivity contribution in [2.24, 2.45) is 7.05 Å². The number of carbonyl (C=O) groups is 1. The van der Waals surface area contributed by atoms with Crippen molar-refractivity contribution in [3.63, 3.8) is 0 Å². The number of likely N-dealkylation sites (N-methyl/N-ethyl adjacent to an activating group) is 2. The third-order valence-electron chi connectivity index (χ3n) is 5.28. The van der Waals surface area contributed by atoms with Crippen molar-refractivity contribution in [2.75, 3.05) is 43.5 Å². The van der Waals surface area contributed by atoms with Crippen molar-refractivity contribution in [1.82, 2.24) is 14.5 Å². The summed E-state index contributed by atoms with van der Waals surface area (Å²) in [5.41, 5.74) is 0.777. The molecule has 25 heavy (non-hydrogen) atoms. The van der Waals surface area contributed by atoms with Gasteiger partial charge in [0.1, 0.15) is 11.9 Å². The minimum absolute atomic E-state index is 0.189. The van der Waals surface area contributed by atoms with Crippen molar-refractivity contribution >= 4 is 28.3 Å². The monoisotopic (exact) mass is 345 g/mol. The molecule has 3 heterocycles. The smallest absolute Gasteiger partial charge is 0.341 e. The second-order valence-corrected chi connectivity index (χ2v) is 6.90. The van der Waals surface area contributed by atoms with E-state index in [0.29, 0.717) is 35.4 Å². The number of aromatic nitrogens is 2. The number of benzene rings is 1. The Kier molecular flexibility index (Phi) is 3.37. The number of hydrogen-bond donors (Lipinski definition) is 0. The fourth-order valence-corrected chi connectivity index (χ4v) is 3.81. The first kappa shape index (κ1) is 16.0. The van der Waals surface area contributed by atoms with Gasteiger partial charge in [-0.1, -0.05) is 0 Å². The first-order valence-electron chi connectivity index (χ1n) is 8.24. The van der Waals surface area contributed by atoms with Gasteiger partial charge < -0.3 is 14.7 Å². The summed E-state index contributed by atoms with van der Waals surface area (Å²) < 4.78 is 16.4. The van der Waals surface area contributed by atoms with E-state index >= 15 is 0 Å². The van der Waals surface area contributed by atoms with Crippen molar-refractivity contribution < 1.29 is 9.18 Å². The molecule has 1 saturated heterocycles. The van der Waals surface area contributed by atoms with Gasteiger partial charge in [-0.2, -0.15) is 4.98 Å². The number of rotatable bonds is 0. The molecule has 0 radical (unpaired) electrons. The second-order valence-electron chi connectivity index (χ2n) is 6.90. The number of fused-ring (bicyclic) bond motifs is 2. The highest BCUT2D eigenvalue weighted by Crippen LogP contribution is 2.40. The molecule has 1 amide bonds. The van der Waals surface area contributed by atoms with E-state index in [0.717, 1.165) is 6.54 Å². The number of nitrogens with zero attached hydrogens (tertiary/aromatic N) is 5. The summed E-state index contributed by atoms with van der Waals surface area (Å²) >= 11 is 0. The van der Waals surface area contributed by atoms with Gasteiger partial charge >= 0.3 is 5.69 Å². The molecule has 7 nitrogen and oxygen atoms in total. The average Bonchev–Trinajstić information content (AvgIpc) is 2.66. The Morgan fingerprint density at radius 1 is 1.20 bits per heavy atom. The van der Waals surface area contributed by atoms with Gasteiger partial charge in [-0.25, -0.2) is 9.18 Å². The van der Waals surface area contributed by atoms with Crippen LogP contribution in [0.3, 0.4) is 0 Å². The van der Waals surface area contributed by atoms with Crippen LogP contribution in [0.2, 0.25) is 0 Å². The summed E-state index contributed by atoms with van der Waals surface area (Å²) in [6, 6.07) is 1.16. The van der Waals surface area contributed by atoms with E-state index in [1.165, 1.54) is 9.47 Å². The normalized spacial score (nSPS) is 20.8. The number of piperazine rings is 1. The van der Waals surface area contributed by atoms with E-state index in [1.807, 2.05) is 11.9 Å². The minimum atomic E-state index is -0.487. The number of hydrogen-bond acceptors (Lipinski definition) is 5. The fourth-order valence-electron chi connectivity index (χ4n) is 3.81. The van der Waals surface area contributed by atoms with Crippen LogP contribution in [-0.4, -0.2) is 60.1 Å². The summed E-state index contributed by atoms with van der Waals surface area (Å²) in [6.45, 7) is 3.46. The summed E-state index contributed by atoms with van der Waals surface area (Å²) in [5.74, 6) is -0.230. The summed E-state index contributed by atoms with van der Waals surface area (Å²) in [4.78, 5) is 34.9. The van der Waals surface area contributed by atoms with Crippen LogP contribution < -0.4 is 15.5 Å². The molecule has 2 aromatic rings. The first-order chi connectivity index (χ1) is 11.8. The molecule has 8 heteroatoms. The first-order valence-corrected chi connectivity index (χ1v) is 8.24. The van der Waals surface area contributed by atoms with Crippen molar-refractivity contribution in [3.8, 4) is 0 Å². The molecule has 0 spiro atoms. The number of anilines is 2. The van der Waals surface area contributed by atoms with Crippen LogP contribution in [0.25, 0.3) is 10.9 Å². The van der Waals surface area contributed by atoms with E-state index in [1.54, 1.807) is 27.1 Å². The molecule has 0 bridgehead atoms. The molecule has 1 aromatic carbocycles. The molecule has 132 valence electrons. The maximum absolute atomic E-state index is 15.0. The highest BCUT2D eigenvalue weighted by atomic mass is 19.1. The summed E-state index contributed by atoms with van der Waals surface area (Å²) in [5, 5.41) is 0.521. The zero-order chi connectivity index (χ0) is 18.0. The minimum Gasteiger partial charge on any atom is -0.341 e. The predicted molar refractivity (Wildman–Crippen MR) is 93.7 cm³/mol. The lowest BCUT2D eigenvalue weighted by atomic mass is 10.1. The molecule has 0 N–H and O–H groups in total. The van der Waals surface area contributed by atoms with Gasteiger partial charge in [-0.3, -0.25) is 9.36 Å². The number of amides is 1. The number of carbonyl (C=O) groups excluding carboxylic acids is 1. The standard InChI is InChI=1S/C17H20FN5O2/c1-9-7-10-12-14(13(9)18)22(4)16(24)11-8-20(2)5-6-23(11)15(12)19-17(25)21(10)3/h7,11H,5-6,8H2,1-4H3. The largest absolute Gasteiger partial charge is 0.349 e. The van der Waals surface area contributed by atoms with Crippen LogP contribution in [0.15, 0.2) is 10.9 Å². The Balaban J connectivity index is 2.15. The third kappa shape index (κ3) is 2.10. The van der Waals surface area contributed by atoms with Gasteiger partial charge in [0.05, 0.1) is 16.6 Å². The van der Waals surface area contributed by atoms with E-state index in [2.05, 4.69) is 9.88 Å². The van der Waals surface area contributed by atoms with Gasteiger partial charge in [-0.05, 0) is 25.6 Å². The molecular formula is C17H20FN5O2. The molecule has 4 rings (SSSR count). The Bertz CT molecular complexity index is 970. The number of aryl methyl sites for hydroxylation is 2. The fraction of sp³-hybridized carbons (Fsp3) is 0.471. The van der Waals surface area contributed by atoms with E-state index < -0.39 is 17.5 Å². The maximum Gasteiger partial charge on any atom is 0.349 e. The van der Waals surface area contributed by atoms with Gasteiger partial charge in [0.2, 0.25) is 0 Å². The highest BCUT2D eigenvalue weighted by molar-refractivity contribution is 6.12. The molecule has 1 unspecified atom stereocenters. The van der Waals surface area contributed by atoms with Crippen molar-refractivity contribution in [2.45, 2.75) is 13.0 Å². The highest BCUT2D eigenvalue weighted by Gasteiger charge is 2.40. The molecule has 1 aromatic heterocycles. The van der Waals surface area contributed by atoms with Gasteiger partial charge in [0.15, 0.2) is 5.82 Å². The Morgan fingerprint density at radius 3 is 2.64 bits per heavy atom. The topological polar surface area (TPSA) is 61.7 Å². The zero-order valence-electron chi connectivity index (χ0n) is 14.7. The molecule has 2 aliphatic heterocycles. The lowest BCUT2D eigenvalue weighted by molar-refractivity contribution is -0.120. The molecule has 0 saturated carbocycles. The second kappa shape index (κ2) is 5.26. The molecule has 1 atom stereocenters. The predicted octanol–water partition coefficient (Wildman–Crippen LogP) is 0.478. The van der Waals surface area contributed by atoms with Crippen LogP contribution in [0, 0.1) is 12.7 Å². The van der Waals surface area contributed by atoms with Crippen LogP contribution in [0.4, 0.5) is 15.9 Å². The van der Waals surface area contributed by atoms with E-state index in [9.17, 15) is 14.0 Å². The van der Waals surface area contributed by atoms with Gasteiger partial charge in [0.25, 0.3) is 5.91 Å². The summed E-state index contributed by atoms with van der Waals surface area (Å²) in [7, 11) is 5.15. The van der Waals surface area contributed by atoms with E-state index in [-0.39, 0.29) is 11.6 Å². The van der Waals surface area contributed by atoms with Crippen LogP contribution in [-0.2, 0) is 11.8 Å².